The molecule has 0 aliphatic rings. The van der Waals surface area contributed by atoms with Gasteiger partial charge in [-0.15, -0.1) is 0 Å². The Hall–Kier alpha value is -0.240. The van der Waals surface area contributed by atoms with Crippen molar-refractivity contribution < 1.29 is 28.4 Å². The molecule has 0 aliphatic carbocycles. The van der Waals surface area contributed by atoms with Crippen molar-refractivity contribution in [3.8, 4) is 0 Å². The van der Waals surface area contributed by atoms with E-state index in [0.717, 1.165) is 51.4 Å². The van der Waals surface area contributed by atoms with Gasteiger partial charge in [-0.05, 0) is 92.9 Å². The average Bonchev–Trinajstić information content (AvgIpc) is 2.98. The average molecular weight is 575 g/mol. The van der Waals surface area contributed by atoms with E-state index in [4.69, 9.17) is 28.4 Å². The molecular weight excluding hydrogens is 504 g/mol. The van der Waals surface area contributed by atoms with E-state index < -0.39 is 0 Å². The molecule has 6 atom stereocenters. The third-order valence-corrected chi connectivity index (χ3v) is 9.28. The summed E-state index contributed by atoms with van der Waals surface area (Å²) in [4.78, 5) is 0. The molecule has 0 aliphatic heterocycles. The summed E-state index contributed by atoms with van der Waals surface area (Å²) >= 11 is 0. The summed E-state index contributed by atoms with van der Waals surface area (Å²) in [5, 5.41) is 0. The van der Waals surface area contributed by atoms with Gasteiger partial charge < -0.3 is 28.4 Å². The van der Waals surface area contributed by atoms with E-state index in [9.17, 15) is 0 Å². The van der Waals surface area contributed by atoms with Crippen LogP contribution in [0, 0.1) is 5.41 Å². The number of hydrogen-bond acceptors (Lipinski definition) is 6. The van der Waals surface area contributed by atoms with Crippen molar-refractivity contribution in [3.63, 3.8) is 0 Å². The zero-order chi connectivity index (χ0) is 30.9. The Morgan fingerprint density at radius 3 is 1.12 bits per heavy atom. The van der Waals surface area contributed by atoms with Crippen LogP contribution in [-0.2, 0) is 28.4 Å². The molecular formula is C34H70O6. The second-order valence-electron chi connectivity index (χ2n) is 13.0. The minimum Gasteiger partial charge on any atom is -0.378 e. The molecule has 0 saturated carbocycles. The zero-order valence-corrected chi connectivity index (χ0v) is 29.1. The van der Waals surface area contributed by atoms with Gasteiger partial charge in [0.1, 0.15) is 0 Å². The molecule has 6 heteroatoms. The summed E-state index contributed by atoms with van der Waals surface area (Å²) in [5.41, 5.74) is -1.30. The molecule has 0 amide bonds. The molecule has 0 bridgehead atoms. The lowest BCUT2D eigenvalue weighted by Crippen LogP contribution is -2.47. The molecule has 0 rings (SSSR count). The van der Waals surface area contributed by atoms with Crippen molar-refractivity contribution in [2.75, 3.05) is 39.6 Å². The first-order valence-corrected chi connectivity index (χ1v) is 16.5. The molecule has 0 aromatic rings. The predicted octanol–water partition coefficient (Wildman–Crippen LogP) is 8.77. The van der Waals surface area contributed by atoms with Crippen LogP contribution in [0.3, 0.4) is 0 Å². The Balaban J connectivity index is 5.80. The Kier molecular flexibility index (Phi) is 19.7. The van der Waals surface area contributed by atoms with Gasteiger partial charge in [-0.1, -0.05) is 48.5 Å². The SMILES string of the molecule is CCC(C)OCCC(C)(CC)OCC(CC)(COC(C)(CC)COC(C)CC)COC(C)(CC)COC(C)CC. The topological polar surface area (TPSA) is 55.4 Å². The van der Waals surface area contributed by atoms with Gasteiger partial charge in [0.05, 0.1) is 68.1 Å². The first kappa shape index (κ1) is 39.8. The predicted molar refractivity (Wildman–Crippen MR) is 168 cm³/mol. The lowest BCUT2D eigenvalue weighted by molar-refractivity contribution is -0.189. The Labute approximate surface area is 249 Å². The van der Waals surface area contributed by atoms with Crippen LogP contribution in [0.4, 0.5) is 0 Å². The first-order valence-electron chi connectivity index (χ1n) is 16.5. The molecule has 0 N–H and O–H groups in total. The lowest BCUT2D eigenvalue weighted by Gasteiger charge is -2.42. The third kappa shape index (κ3) is 15.3. The highest BCUT2D eigenvalue weighted by Gasteiger charge is 2.39. The molecule has 6 unspecified atom stereocenters. The lowest BCUT2D eigenvalue weighted by atomic mass is 9.86. The van der Waals surface area contributed by atoms with Crippen LogP contribution in [-0.4, -0.2) is 74.8 Å². The molecule has 0 aromatic heterocycles. The van der Waals surface area contributed by atoms with Crippen LogP contribution in [0.15, 0.2) is 0 Å². The van der Waals surface area contributed by atoms with E-state index in [0.29, 0.717) is 39.6 Å². The summed E-state index contributed by atoms with van der Waals surface area (Å²) in [6.45, 7) is 31.7. The van der Waals surface area contributed by atoms with Crippen molar-refractivity contribution in [2.24, 2.45) is 5.41 Å². The number of hydrogen-bond donors (Lipinski definition) is 0. The molecule has 0 saturated heterocycles. The molecule has 0 radical (unpaired) electrons. The van der Waals surface area contributed by atoms with E-state index in [1.807, 2.05) is 0 Å². The maximum absolute atomic E-state index is 6.78. The smallest absolute Gasteiger partial charge is 0.0884 e. The van der Waals surface area contributed by atoms with Crippen LogP contribution in [0.5, 0.6) is 0 Å². The summed E-state index contributed by atoms with van der Waals surface area (Å²) in [7, 11) is 0. The van der Waals surface area contributed by atoms with Crippen LogP contribution < -0.4 is 0 Å². The highest BCUT2D eigenvalue weighted by molar-refractivity contribution is 4.86. The quantitative estimate of drug-likeness (QED) is 0.103. The van der Waals surface area contributed by atoms with Gasteiger partial charge in [0.15, 0.2) is 0 Å². The van der Waals surface area contributed by atoms with Crippen molar-refractivity contribution in [2.45, 2.75) is 176 Å². The highest BCUT2D eigenvalue weighted by Crippen LogP contribution is 2.33. The minimum atomic E-state index is -0.365. The van der Waals surface area contributed by atoms with E-state index in [2.05, 4.69) is 90.0 Å². The van der Waals surface area contributed by atoms with Gasteiger partial charge in [0.2, 0.25) is 0 Å². The zero-order valence-electron chi connectivity index (χ0n) is 29.1. The van der Waals surface area contributed by atoms with E-state index in [1.165, 1.54) is 0 Å². The summed E-state index contributed by atoms with van der Waals surface area (Å²) in [6, 6.07) is 0. The minimum absolute atomic E-state index is 0.218. The maximum Gasteiger partial charge on any atom is 0.0884 e. The monoisotopic (exact) mass is 575 g/mol. The second kappa shape index (κ2) is 19.9. The number of ether oxygens (including phenoxy) is 6. The van der Waals surface area contributed by atoms with Gasteiger partial charge in [0, 0.05) is 12.0 Å². The highest BCUT2D eigenvalue weighted by atomic mass is 16.6. The molecule has 0 fully saturated rings. The second-order valence-corrected chi connectivity index (χ2v) is 13.0. The Morgan fingerprint density at radius 2 is 0.800 bits per heavy atom. The third-order valence-electron chi connectivity index (χ3n) is 9.28. The van der Waals surface area contributed by atoms with Crippen LogP contribution in [0.25, 0.3) is 0 Å². The Bertz CT molecular complexity index is 598. The van der Waals surface area contributed by atoms with Crippen molar-refractivity contribution >= 4 is 0 Å². The van der Waals surface area contributed by atoms with Gasteiger partial charge in [-0.2, -0.15) is 0 Å². The van der Waals surface area contributed by atoms with Gasteiger partial charge in [-0.3, -0.25) is 0 Å². The molecule has 242 valence electrons. The summed E-state index contributed by atoms with van der Waals surface area (Å²) in [5.74, 6) is 0. The van der Waals surface area contributed by atoms with Crippen molar-refractivity contribution in [1.29, 1.82) is 0 Å². The van der Waals surface area contributed by atoms with Gasteiger partial charge in [-0.25, -0.2) is 0 Å². The van der Waals surface area contributed by atoms with Gasteiger partial charge >= 0.3 is 0 Å². The van der Waals surface area contributed by atoms with Crippen LogP contribution in [0.2, 0.25) is 0 Å². The summed E-state index contributed by atoms with van der Waals surface area (Å²) < 4.78 is 38.5. The van der Waals surface area contributed by atoms with E-state index in [-0.39, 0.29) is 40.5 Å². The molecule has 6 nitrogen and oxygen atoms in total. The van der Waals surface area contributed by atoms with Crippen LogP contribution >= 0.6 is 0 Å². The van der Waals surface area contributed by atoms with Crippen molar-refractivity contribution in [3.05, 3.63) is 0 Å². The van der Waals surface area contributed by atoms with E-state index in [1.54, 1.807) is 0 Å². The fraction of sp³-hybridized carbons (Fsp3) is 1.00. The van der Waals surface area contributed by atoms with E-state index >= 15 is 0 Å². The Morgan fingerprint density at radius 1 is 0.450 bits per heavy atom. The molecule has 40 heavy (non-hydrogen) atoms. The molecule has 0 spiro atoms. The van der Waals surface area contributed by atoms with Gasteiger partial charge in [0.25, 0.3) is 0 Å². The molecule has 0 heterocycles. The molecule has 0 aromatic carbocycles. The van der Waals surface area contributed by atoms with Crippen LogP contribution in [0.1, 0.15) is 141 Å². The fourth-order valence-electron chi connectivity index (χ4n) is 3.72. The first-order chi connectivity index (χ1) is 18.7. The largest absolute Gasteiger partial charge is 0.378 e. The fourth-order valence-corrected chi connectivity index (χ4v) is 3.72. The standard InChI is InChI=1S/C34H70O6/c1-14-28(8)35-22-21-31(11,17-4)38-25-34(20-7,26-39-32(12,18-5)23-36-29(9)15-2)27-40-33(13,19-6)24-37-30(10)16-3/h28-30H,14-27H2,1-13H3. The normalized spacial score (nSPS) is 20.6. The van der Waals surface area contributed by atoms with Crippen molar-refractivity contribution in [1.82, 2.24) is 0 Å². The maximum atomic E-state index is 6.78. The number of rotatable bonds is 26. The summed E-state index contributed by atoms with van der Waals surface area (Å²) in [6.07, 6.45) is 8.12.